The lowest BCUT2D eigenvalue weighted by Crippen LogP contribution is -2.44. The van der Waals surface area contributed by atoms with Gasteiger partial charge in [0.1, 0.15) is 0 Å². The second kappa shape index (κ2) is 4.60. The van der Waals surface area contributed by atoms with Crippen molar-refractivity contribution >= 4 is 0 Å². The van der Waals surface area contributed by atoms with Crippen LogP contribution in [0.1, 0.15) is 27.2 Å². The maximum Gasteiger partial charge on any atom is 0.0702 e. The molecule has 1 heterocycles. The summed E-state index contributed by atoms with van der Waals surface area (Å²) < 4.78 is 5.56. The maximum atomic E-state index is 5.73. The molecule has 84 valence electrons. The molecule has 3 nitrogen and oxygen atoms in total. The Morgan fingerprint density at radius 3 is 2.57 bits per heavy atom. The highest BCUT2D eigenvalue weighted by Crippen LogP contribution is 2.22. The summed E-state index contributed by atoms with van der Waals surface area (Å²) in [4.78, 5) is 2.39. The molecule has 1 rings (SSSR count). The van der Waals surface area contributed by atoms with Crippen LogP contribution in [0.2, 0.25) is 0 Å². The zero-order valence-electron chi connectivity index (χ0n) is 9.92. The lowest BCUT2D eigenvalue weighted by Gasteiger charge is -2.34. The van der Waals surface area contributed by atoms with Gasteiger partial charge in [-0.25, -0.2) is 0 Å². The van der Waals surface area contributed by atoms with E-state index in [-0.39, 0.29) is 5.41 Å². The van der Waals surface area contributed by atoms with Crippen LogP contribution in [0.5, 0.6) is 0 Å². The number of hydrogen-bond donors (Lipinski definition) is 1. The van der Waals surface area contributed by atoms with Gasteiger partial charge in [-0.2, -0.15) is 0 Å². The molecule has 1 aliphatic rings. The smallest absolute Gasteiger partial charge is 0.0702 e. The zero-order valence-corrected chi connectivity index (χ0v) is 9.92. The molecule has 3 heteroatoms. The van der Waals surface area contributed by atoms with Crippen LogP contribution in [0.4, 0.5) is 0 Å². The zero-order chi connectivity index (χ0) is 10.8. The van der Waals surface area contributed by atoms with Crippen LogP contribution >= 0.6 is 0 Å². The minimum Gasteiger partial charge on any atom is -0.377 e. The molecule has 2 atom stereocenters. The molecule has 1 aliphatic heterocycles. The van der Waals surface area contributed by atoms with Gasteiger partial charge in [0, 0.05) is 19.2 Å². The third-order valence-corrected chi connectivity index (χ3v) is 3.13. The van der Waals surface area contributed by atoms with E-state index in [9.17, 15) is 0 Å². The molecule has 0 bridgehead atoms. The third-order valence-electron chi connectivity index (χ3n) is 3.13. The van der Waals surface area contributed by atoms with E-state index in [0.29, 0.717) is 12.1 Å². The number of nitrogens with zero attached hydrogens (tertiary/aromatic N) is 1. The minimum absolute atomic E-state index is 0.205. The van der Waals surface area contributed by atoms with Crippen LogP contribution in [-0.4, -0.2) is 43.8 Å². The van der Waals surface area contributed by atoms with Crippen molar-refractivity contribution in [3.05, 3.63) is 0 Å². The average molecular weight is 200 g/mol. The van der Waals surface area contributed by atoms with Crippen molar-refractivity contribution < 1.29 is 4.74 Å². The molecule has 2 N–H and O–H groups in total. The Bertz CT molecular complexity index is 182. The monoisotopic (exact) mass is 200 g/mol. The van der Waals surface area contributed by atoms with E-state index in [1.807, 2.05) is 0 Å². The van der Waals surface area contributed by atoms with E-state index in [0.717, 1.165) is 26.1 Å². The highest BCUT2D eigenvalue weighted by molar-refractivity contribution is 4.84. The summed E-state index contributed by atoms with van der Waals surface area (Å²) in [6, 6.07) is 0.570. The van der Waals surface area contributed by atoms with Crippen molar-refractivity contribution in [1.82, 2.24) is 4.90 Å². The predicted molar refractivity (Wildman–Crippen MR) is 59.3 cm³/mol. The molecule has 0 aromatic carbocycles. The summed E-state index contributed by atoms with van der Waals surface area (Å²) in [6.45, 7) is 9.26. The molecule has 0 amide bonds. The second-order valence-corrected chi connectivity index (χ2v) is 5.22. The van der Waals surface area contributed by atoms with Crippen molar-refractivity contribution in [3.63, 3.8) is 0 Å². The number of nitrogens with two attached hydrogens (primary N) is 1. The Morgan fingerprint density at radius 2 is 2.14 bits per heavy atom. The second-order valence-electron chi connectivity index (χ2n) is 5.22. The van der Waals surface area contributed by atoms with Crippen molar-refractivity contribution in [1.29, 1.82) is 0 Å². The first kappa shape index (κ1) is 12.0. The molecular formula is C11H24N2O. The van der Waals surface area contributed by atoms with Gasteiger partial charge >= 0.3 is 0 Å². The summed E-state index contributed by atoms with van der Waals surface area (Å²) in [6.07, 6.45) is 1.52. The quantitative estimate of drug-likeness (QED) is 0.738. The van der Waals surface area contributed by atoms with Crippen LogP contribution in [-0.2, 0) is 4.74 Å². The Labute approximate surface area is 87.6 Å². The molecule has 0 aromatic rings. The van der Waals surface area contributed by atoms with Gasteiger partial charge < -0.3 is 15.4 Å². The van der Waals surface area contributed by atoms with Gasteiger partial charge in [-0.3, -0.25) is 0 Å². The van der Waals surface area contributed by atoms with Crippen molar-refractivity contribution in [2.24, 2.45) is 11.1 Å². The SMILES string of the molecule is CC1OCCC1N(C)CC(C)(C)CN. The van der Waals surface area contributed by atoms with Crippen molar-refractivity contribution in [3.8, 4) is 0 Å². The average Bonchev–Trinajstić information content (AvgIpc) is 2.51. The maximum absolute atomic E-state index is 5.73. The molecule has 0 saturated carbocycles. The first-order chi connectivity index (χ1) is 6.46. The Hall–Kier alpha value is -0.120. The largest absolute Gasteiger partial charge is 0.377 e. The summed E-state index contributed by atoms with van der Waals surface area (Å²) in [7, 11) is 2.17. The van der Waals surface area contributed by atoms with Gasteiger partial charge in [-0.05, 0) is 32.4 Å². The van der Waals surface area contributed by atoms with Gasteiger partial charge in [0.25, 0.3) is 0 Å². The van der Waals surface area contributed by atoms with Crippen LogP contribution < -0.4 is 5.73 Å². The molecule has 0 aromatic heterocycles. The molecule has 1 fully saturated rings. The van der Waals surface area contributed by atoms with Crippen LogP contribution in [0.15, 0.2) is 0 Å². The molecule has 0 radical (unpaired) electrons. The first-order valence-corrected chi connectivity index (χ1v) is 5.48. The van der Waals surface area contributed by atoms with Gasteiger partial charge in [0.15, 0.2) is 0 Å². The Morgan fingerprint density at radius 1 is 1.50 bits per heavy atom. The van der Waals surface area contributed by atoms with Crippen LogP contribution in [0.25, 0.3) is 0 Å². The predicted octanol–water partition coefficient (Wildman–Crippen LogP) is 1.08. The Kier molecular flexibility index (Phi) is 3.93. The molecule has 2 unspecified atom stereocenters. The Balaban J connectivity index is 2.45. The van der Waals surface area contributed by atoms with Gasteiger partial charge in [0.05, 0.1) is 6.10 Å². The molecule has 14 heavy (non-hydrogen) atoms. The number of likely N-dealkylation sites (N-methyl/N-ethyl adjacent to an activating group) is 1. The number of ether oxygens (including phenoxy) is 1. The fourth-order valence-electron chi connectivity index (χ4n) is 2.16. The van der Waals surface area contributed by atoms with E-state index in [2.05, 4.69) is 32.7 Å². The van der Waals surface area contributed by atoms with Crippen molar-refractivity contribution in [2.75, 3.05) is 26.7 Å². The van der Waals surface area contributed by atoms with E-state index < -0.39 is 0 Å². The fourth-order valence-corrected chi connectivity index (χ4v) is 2.16. The summed E-state index contributed by atoms with van der Waals surface area (Å²) in [5.41, 5.74) is 5.94. The molecule has 0 aliphatic carbocycles. The summed E-state index contributed by atoms with van der Waals surface area (Å²) in [5, 5.41) is 0. The van der Waals surface area contributed by atoms with E-state index in [1.165, 1.54) is 0 Å². The third kappa shape index (κ3) is 2.94. The highest BCUT2D eigenvalue weighted by atomic mass is 16.5. The minimum atomic E-state index is 0.205. The topological polar surface area (TPSA) is 38.5 Å². The van der Waals surface area contributed by atoms with Crippen LogP contribution in [0.3, 0.4) is 0 Å². The highest BCUT2D eigenvalue weighted by Gasteiger charge is 2.30. The molecular weight excluding hydrogens is 176 g/mol. The summed E-state index contributed by atoms with van der Waals surface area (Å²) >= 11 is 0. The van der Waals surface area contributed by atoms with E-state index in [1.54, 1.807) is 0 Å². The van der Waals surface area contributed by atoms with Crippen molar-refractivity contribution in [2.45, 2.75) is 39.3 Å². The van der Waals surface area contributed by atoms with Gasteiger partial charge in [0.2, 0.25) is 0 Å². The lowest BCUT2D eigenvalue weighted by molar-refractivity contribution is 0.0705. The standard InChI is InChI=1S/C11H24N2O/c1-9-10(5-6-14-9)13(4)8-11(2,3)7-12/h9-10H,5-8,12H2,1-4H3. The molecule has 0 spiro atoms. The fraction of sp³-hybridized carbons (Fsp3) is 1.00. The van der Waals surface area contributed by atoms with Gasteiger partial charge in [-0.15, -0.1) is 0 Å². The first-order valence-electron chi connectivity index (χ1n) is 5.48. The number of hydrogen-bond acceptors (Lipinski definition) is 3. The van der Waals surface area contributed by atoms with Gasteiger partial charge in [-0.1, -0.05) is 13.8 Å². The van der Waals surface area contributed by atoms with E-state index >= 15 is 0 Å². The van der Waals surface area contributed by atoms with Crippen LogP contribution in [0, 0.1) is 5.41 Å². The summed E-state index contributed by atoms with van der Waals surface area (Å²) in [5.74, 6) is 0. The lowest BCUT2D eigenvalue weighted by atomic mass is 9.92. The molecule has 1 saturated heterocycles. The normalized spacial score (nSPS) is 28.7. The van der Waals surface area contributed by atoms with E-state index in [4.69, 9.17) is 10.5 Å². The number of rotatable bonds is 4.